The average Bonchev–Trinajstić information content (AvgIpc) is 2.89. The van der Waals surface area contributed by atoms with Crippen LogP contribution in [0.1, 0.15) is 69.8 Å². The number of ether oxygens (including phenoxy) is 1. The molecule has 2 aliphatic carbocycles. The summed E-state index contributed by atoms with van der Waals surface area (Å²) in [6, 6.07) is 11.4. The van der Waals surface area contributed by atoms with E-state index < -0.39 is 11.1 Å². The Morgan fingerprint density at radius 3 is 2.33 bits per heavy atom. The van der Waals surface area contributed by atoms with E-state index in [4.69, 9.17) is 4.74 Å². The normalized spacial score (nSPS) is 29.5. The van der Waals surface area contributed by atoms with E-state index in [1.54, 1.807) is 0 Å². The molecule has 1 saturated carbocycles. The molecule has 3 aliphatic rings. The third-order valence-electron chi connectivity index (χ3n) is 8.06. The van der Waals surface area contributed by atoms with Crippen molar-refractivity contribution in [1.29, 1.82) is 0 Å². The summed E-state index contributed by atoms with van der Waals surface area (Å²) in [5, 5.41) is 3.55. The molecule has 5 heteroatoms. The number of hydrogen-bond acceptors (Lipinski definition) is 5. The SMILES string of the molecule is CCC(=O)C1(NC2(C(=O)OC)CCN(C3CCC(c4ccccc4)CC3)CC2)C=CC=CC1. The van der Waals surface area contributed by atoms with Crippen molar-refractivity contribution in [1.82, 2.24) is 10.2 Å². The second kappa shape index (κ2) is 10.4. The molecule has 0 aromatic heterocycles. The van der Waals surface area contributed by atoms with E-state index in [1.807, 2.05) is 31.2 Å². The summed E-state index contributed by atoms with van der Waals surface area (Å²) < 4.78 is 5.26. The van der Waals surface area contributed by atoms with Crippen LogP contribution >= 0.6 is 0 Å². The summed E-state index contributed by atoms with van der Waals surface area (Å²) in [6.07, 6.45) is 15.0. The van der Waals surface area contributed by atoms with Gasteiger partial charge in [-0.3, -0.25) is 14.9 Å². The molecule has 5 nitrogen and oxygen atoms in total. The van der Waals surface area contributed by atoms with Crippen LogP contribution in [0.15, 0.2) is 54.6 Å². The molecular weight excluding hydrogens is 412 g/mol. The minimum Gasteiger partial charge on any atom is -0.468 e. The molecule has 1 aliphatic heterocycles. The zero-order valence-corrected chi connectivity index (χ0v) is 20.1. The van der Waals surface area contributed by atoms with Crippen molar-refractivity contribution >= 4 is 11.8 Å². The molecule has 0 spiro atoms. The second-order valence-electron chi connectivity index (χ2n) is 9.89. The van der Waals surface area contributed by atoms with Gasteiger partial charge in [-0.25, -0.2) is 0 Å². The van der Waals surface area contributed by atoms with Gasteiger partial charge in [0, 0.05) is 25.6 Å². The molecule has 0 amide bonds. The van der Waals surface area contributed by atoms with E-state index in [1.165, 1.54) is 38.4 Å². The summed E-state index contributed by atoms with van der Waals surface area (Å²) in [5.41, 5.74) is -0.190. The monoisotopic (exact) mass is 450 g/mol. The quantitative estimate of drug-likeness (QED) is 0.618. The number of nitrogens with zero attached hydrogens (tertiary/aromatic N) is 1. The Morgan fingerprint density at radius 2 is 1.76 bits per heavy atom. The maximum Gasteiger partial charge on any atom is 0.326 e. The average molecular weight is 451 g/mol. The van der Waals surface area contributed by atoms with Crippen molar-refractivity contribution < 1.29 is 14.3 Å². The molecule has 0 bridgehead atoms. The van der Waals surface area contributed by atoms with Gasteiger partial charge in [0.05, 0.1) is 7.11 Å². The number of esters is 1. The highest BCUT2D eigenvalue weighted by Crippen LogP contribution is 2.37. The first kappa shape index (κ1) is 23.9. The fourth-order valence-corrected chi connectivity index (χ4v) is 6.08. The lowest BCUT2D eigenvalue weighted by atomic mass is 9.77. The van der Waals surface area contributed by atoms with Crippen molar-refractivity contribution in [3.8, 4) is 0 Å². The van der Waals surface area contributed by atoms with E-state index in [0.717, 1.165) is 13.1 Å². The maximum atomic E-state index is 13.0. The predicted molar refractivity (Wildman–Crippen MR) is 131 cm³/mol. The topological polar surface area (TPSA) is 58.6 Å². The number of Topliss-reactive ketones (excluding diaryl/α,β-unsaturated/α-hetero) is 1. The van der Waals surface area contributed by atoms with Crippen LogP contribution in [-0.2, 0) is 14.3 Å². The molecule has 4 rings (SSSR count). The molecule has 1 saturated heterocycles. The minimum absolute atomic E-state index is 0.119. The third-order valence-corrected chi connectivity index (χ3v) is 8.06. The Hall–Kier alpha value is -2.24. The number of allylic oxidation sites excluding steroid dienone is 2. The van der Waals surface area contributed by atoms with Crippen molar-refractivity contribution in [2.45, 2.75) is 81.3 Å². The van der Waals surface area contributed by atoms with Gasteiger partial charge in [-0.15, -0.1) is 0 Å². The first-order valence-corrected chi connectivity index (χ1v) is 12.6. The van der Waals surface area contributed by atoms with E-state index in [-0.39, 0.29) is 11.8 Å². The summed E-state index contributed by atoms with van der Waals surface area (Å²) in [5.74, 6) is 0.531. The van der Waals surface area contributed by atoms with E-state index in [2.05, 4.69) is 40.5 Å². The summed E-state index contributed by atoms with van der Waals surface area (Å²) in [6.45, 7) is 3.58. The molecule has 1 aromatic carbocycles. The largest absolute Gasteiger partial charge is 0.468 e. The zero-order chi connectivity index (χ0) is 23.3. The maximum absolute atomic E-state index is 13.0. The van der Waals surface area contributed by atoms with Crippen LogP contribution in [-0.4, -0.2) is 54.0 Å². The van der Waals surface area contributed by atoms with Crippen molar-refractivity contribution in [2.75, 3.05) is 20.2 Å². The van der Waals surface area contributed by atoms with E-state index >= 15 is 0 Å². The molecule has 1 aromatic rings. The molecule has 33 heavy (non-hydrogen) atoms. The molecular formula is C28H38N2O3. The summed E-state index contributed by atoms with van der Waals surface area (Å²) in [4.78, 5) is 28.6. The van der Waals surface area contributed by atoms with Crippen LogP contribution in [0.25, 0.3) is 0 Å². The number of hydrogen-bond donors (Lipinski definition) is 1. The van der Waals surface area contributed by atoms with Gasteiger partial charge in [0.2, 0.25) is 0 Å². The molecule has 1 unspecified atom stereocenters. The highest BCUT2D eigenvalue weighted by atomic mass is 16.5. The fourth-order valence-electron chi connectivity index (χ4n) is 6.08. The highest BCUT2D eigenvalue weighted by Gasteiger charge is 2.50. The van der Waals surface area contributed by atoms with Crippen LogP contribution in [0, 0.1) is 0 Å². The van der Waals surface area contributed by atoms with Crippen molar-refractivity contribution in [2.24, 2.45) is 0 Å². The van der Waals surface area contributed by atoms with Crippen LogP contribution in [0.4, 0.5) is 0 Å². The van der Waals surface area contributed by atoms with Crippen LogP contribution < -0.4 is 5.32 Å². The Morgan fingerprint density at radius 1 is 1.06 bits per heavy atom. The van der Waals surface area contributed by atoms with Crippen LogP contribution in [0.5, 0.6) is 0 Å². The number of carbonyl (C=O) groups is 2. The lowest BCUT2D eigenvalue weighted by Gasteiger charge is -2.48. The van der Waals surface area contributed by atoms with Gasteiger partial charge in [0.1, 0.15) is 11.1 Å². The highest BCUT2D eigenvalue weighted by molar-refractivity contribution is 5.92. The fraction of sp³-hybridized carbons (Fsp3) is 0.571. The number of likely N-dealkylation sites (tertiary alicyclic amines) is 1. The minimum atomic E-state index is -0.827. The van der Waals surface area contributed by atoms with Crippen molar-refractivity contribution in [3.63, 3.8) is 0 Å². The van der Waals surface area contributed by atoms with Crippen LogP contribution in [0.2, 0.25) is 0 Å². The molecule has 1 N–H and O–H groups in total. The molecule has 1 atom stereocenters. The van der Waals surface area contributed by atoms with E-state index in [0.29, 0.717) is 37.6 Å². The van der Waals surface area contributed by atoms with E-state index in [9.17, 15) is 9.59 Å². The van der Waals surface area contributed by atoms with Gasteiger partial charge >= 0.3 is 5.97 Å². The third kappa shape index (κ3) is 4.99. The lowest BCUT2D eigenvalue weighted by molar-refractivity contribution is -0.153. The zero-order valence-electron chi connectivity index (χ0n) is 20.1. The molecule has 2 fully saturated rings. The predicted octanol–water partition coefficient (Wildman–Crippen LogP) is 4.54. The first-order chi connectivity index (χ1) is 16.0. The molecule has 178 valence electrons. The van der Waals surface area contributed by atoms with Gasteiger partial charge in [0.15, 0.2) is 5.78 Å². The summed E-state index contributed by atoms with van der Waals surface area (Å²) in [7, 11) is 1.45. The molecule has 1 heterocycles. The Labute approximate surface area is 198 Å². The van der Waals surface area contributed by atoms with Gasteiger partial charge in [0.25, 0.3) is 0 Å². The number of rotatable bonds is 7. The number of methoxy groups -OCH3 is 1. The smallest absolute Gasteiger partial charge is 0.326 e. The van der Waals surface area contributed by atoms with Crippen LogP contribution in [0.3, 0.4) is 0 Å². The number of carbonyl (C=O) groups excluding carboxylic acids is 2. The lowest BCUT2D eigenvalue weighted by Crippen LogP contribution is -2.68. The summed E-state index contributed by atoms with van der Waals surface area (Å²) >= 11 is 0. The van der Waals surface area contributed by atoms with Gasteiger partial charge in [-0.2, -0.15) is 0 Å². The van der Waals surface area contributed by atoms with Crippen molar-refractivity contribution in [3.05, 3.63) is 60.2 Å². The number of ketones is 1. The molecule has 0 radical (unpaired) electrons. The standard InChI is InChI=1S/C28H38N2O3/c1-3-25(31)27(16-8-5-9-17-27)29-28(26(32)33-2)18-20-30(21-19-28)24-14-12-23(13-15-24)22-10-6-4-7-11-22/h4-11,16,23-24,29H,3,12-15,17-21H2,1-2H3. The number of piperidine rings is 1. The Balaban J connectivity index is 1.42. The first-order valence-electron chi connectivity index (χ1n) is 12.6. The second-order valence-corrected chi connectivity index (χ2v) is 9.89. The van der Waals surface area contributed by atoms with Gasteiger partial charge in [-0.1, -0.05) is 61.6 Å². The number of benzene rings is 1. The Kier molecular flexibility index (Phi) is 7.50. The van der Waals surface area contributed by atoms with Gasteiger partial charge < -0.3 is 9.64 Å². The van der Waals surface area contributed by atoms with Gasteiger partial charge in [-0.05, 0) is 56.4 Å². The Bertz CT molecular complexity index is 878. The number of nitrogens with one attached hydrogen (secondary N) is 1.